The van der Waals surface area contributed by atoms with E-state index >= 15 is 0 Å². The van der Waals surface area contributed by atoms with Gasteiger partial charge in [-0.25, -0.2) is 4.98 Å². The normalized spacial score (nSPS) is 11.7. The van der Waals surface area contributed by atoms with Gasteiger partial charge in [-0.1, -0.05) is 6.92 Å². The van der Waals surface area contributed by atoms with Crippen molar-refractivity contribution in [3.63, 3.8) is 0 Å². The first-order valence-corrected chi connectivity index (χ1v) is 6.23. The van der Waals surface area contributed by atoms with Crippen LogP contribution in [-0.4, -0.2) is 35.3 Å². The number of anilines is 2. The largest absolute Gasteiger partial charge is 0.405 e. The first-order chi connectivity index (χ1) is 8.83. The predicted molar refractivity (Wildman–Crippen MR) is 69.3 cm³/mol. The third-order valence-corrected chi connectivity index (χ3v) is 2.44. The van der Waals surface area contributed by atoms with Crippen LogP contribution in [0.5, 0.6) is 0 Å². The van der Waals surface area contributed by atoms with Gasteiger partial charge in [0, 0.05) is 18.8 Å². The van der Waals surface area contributed by atoms with Crippen LogP contribution in [0.3, 0.4) is 0 Å². The molecule has 0 aromatic carbocycles. The lowest BCUT2D eigenvalue weighted by molar-refractivity contribution is -0.120. The molecule has 1 rings (SSSR count). The molecule has 0 bridgehead atoms. The Hall–Kier alpha value is -1.53. The van der Waals surface area contributed by atoms with Crippen molar-refractivity contribution in [3.8, 4) is 0 Å². The zero-order chi connectivity index (χ0) is 14.5. The molecule has 7 heteroatoms. The van der Waals surface area contributed by atoms with Crippen LogP contribution in [0.1, 0.15) is 27.2 Å². The molecule has 0 amide bonds. The number of nitrogens with zero attached hydrogens (tertiary/aromatic N) is 3. The maximum absolute atomic E-state index is 12.6. The van der Waals surface area contributed by atoms with Gasteiger partial charge in [0.25, 0.3) is 0 Å². The average molecular weight is 276 g/mol. The second-order valence-corrected chi connectivity index (χ2v) is 4.50. The van der Waals surface area contributed by atoms with Crippen molar-refractivity contribution in [1.29, 1.82) is 0 Å². The molecule has 1 aromatic rings. The van der Waals surface area contributed by atoms with Crippen LogP contribution in [0.2, 0.25) is 0 Å². The smallest absolute Gasteiger partial charge is 0.354 e. The number of rotatable bonds is 6. The Balaban J connectivity index is 2.90. The van der Waals surface area contributed by atoms with Crippen LogP contribution in [-0.2, 0) is 0 Å². The van der Waals surface area contributed by atoms with Gasteiger partial charge in [0.1, 0.15) is 12.4 Å². The van der Waals surface area contributed by atoms with Crippen molar-refractivity contribution < 1.29 is 13.2 Å². The molecule has 0 saturated heterocycles. The van der Waals surface area contributed by atoms with Crippen molar-refractivity contribution in [2.75, 3.05) is 23.3 Å². The summed E-state index contributed by atoms with van der Waals surface area (Å²) in [4.78, 5) is 9.31. The fraction of sp³-hybridized carbons (Fsp3) is 0.667. The summed E-state index contributed by atoms with van der Waals surface area (Å²) >= 11 is 0. The second-order valence-electron chi connectivity index (χ2n) is 4.50. The maximum Gasteiger partial charge on any atom is 0.405 e. The molecule has 0 aliphatic carbocycles. The first kappa shape index (κ1) is 15.5. The van der Waals surface area contributed by atoms with Crippen molar-refractivity contribution in [2.45, 2.75) is 39.4 Å². The van der Waals surface area contributed by atoms with E-state index in [0.717, 1.165) is 6.42 Å². The molecule has 0 radical (unpaired) electrons. The molecule has 0 spiro atoms. The minimum atomic E-state index is -4.26. The van der Waals surface area contributed by atoms with Gasteiger partial charge in [0.2, 0.25) is 5.95 Å². The molecular weight excluding hydrogens is 257 g/mol. The van der Waals surface area contributed by atoms with E-state index in [-0.39, 0.29) is 11.9 Å². The van der Waals surface area contributed by atoms with E-state index in [1.165, 1.54) is 17.2 Å². The Morgan fingerprint density at radius 2 is 2.05 bits per heavy atom. The Morgan fingerprint density at radius 1 is 1.37 bits per heavy atom. The topological polar surface area (TPSA) is 41.1 Å². The summed E-state index contributed by atoms with van der Waals surface area (Å²) < 4.78 is 37.7. The van der Waals surface area contributed by atoms with E-state index in [4.69, 9.17) is 0 Å². The molecule has 0 aliphatic rings. The summed E-state index contributed by atoms with van der Waals surface area (Å²) in [6, 6.07) is 1.19. The number of hydrogen-bond acceptors (Lipinski definition) is 4. The highest BCUT2D eigenvalue weighted by Gasteiger charge is 2.32. The van der Waals surface area contributed by atoms with Crippen molar-refractivity contribution in [1.82, 2.24) is 9.97 Å². The van der Waals surface area contributed by atoms with Gasteiger partial charge in [-0.05, 0) is 26.3 Å². The highest BCUT2D eigenvalue weighted by Crippen LogP contribution is 2.23. The lowest BCUT2D eigenvalue weighted by Crippen LogP contribution is -2.39. The van der Waals surface area contributed by atoms with Crippen molar-refractivity contribution in [2.24, 2.45) is 0 Å². The third kappa shape index (κ3) is 5.32. The molecule has 0 saturated carbocycles. The van der Waals surface area contributed by atoms with Crippen LogP contribution in [0.15, 0.2) is 12.3 Å². The van der Waals surface area contributed by atoms with Gasteiger partial charge >= 0.3 is 6.18 Å². The van der Waals surface area contributed by atoms with Crippen LogP contribution in [0, 0.1) is 0 Å². The fourth-order valence-corrected chi connectivity index (χ4v) is 1.55. The van der Waals surface area contributed by atoms with Gasteiger partial charge in [-0.3, -0.25) is 0 Å². The molecule has 108 valence electrons. The number of halogens is 3. The van der Waals surface area contributed by atoms with E-state index in [0.29, 0.717) is 12.5 Å². The third-order valence-electron chi connectivity index (χ3n) is 2.44. The zero-order valence-electron chi connectivity index (χ0n) is 11.3. The molecule has 0 atom stereocenters. The molecule has 1 aromatic heterocycles. The lowest BCUT2D eigenvalue weighted by atomic mass is 10.3. The number of aromatic nitrogens is 2. The number of hydrogen-bond donors (Lipinski definition) is 1. The SMILES string of the molecule is CCCNc1nccc(N(CC(F)(F)F)C(C)C)n1. The van der Waals surface area contributed by atoms with E-state index in [1.54, 1.807) is 13.8 Å². The highest BCUT2D eigenvalue weighted by molar-refractivity contribution is 5.43. The summed E-state index contributed by atoms with van der Waals surface area (Å²) in [7, 11) is 0. The van der Waals surface area contributed by atoms with Crippen molar-refractivity contribution in [3.05, 3.63) is 12.3 Å². The molecule has 4 nitrogen and oxygen atoms in total. The quantitative estimate of drug-likeness (QED) is 0.867. The summed E-state index contributed by atoms with van der Waals surface area (Å²) in [6.45, 7) is 5.06. The molecular formula is C12H19F3N4. The monoisotopic (exact) mass is 276 g/mol. The van der Waals surface area contributed by atoms with Crippen molar-refractivity contribution >= 4 is 11.8 Å². The molecule has 19 heavy (non-hydrogen) atoms. The predicted octanol–water partition coefficient (Wildman–Crippen LogP) is 3.08. The van der Waals surface area contributed by atoms with Gasteiger partial charge in [0.05, 0.1) is 0 Å². The number of nitrogens with one attached hydrogen (secondary N) is 1. The van der Waals surface area contributed by atoms with E-state index < -0.39 is 12.7 Å². The average Bonchev–Trinajstić information content (AvgIpc) is 2.32. The highest BCUT2D eigenvalue weighted by atomic mass is 19.4. The van der Waals surface area contributed by atoms with Gasteiger partial charge in [0.15, 0.2) is 0 Å². The lowest BCUT2D eigenvalue weighted by Gasteiger charge is -2.28. The van der Waals surface area contributed by atoms with E-state index in [1.807, 2.05) is 6.92 Å². The molecule has 0 fully saturated rings. The number of alkyl halides is 3. The zero-order valence-corrected chi connectivity index (χ0v) is 11.3. The summed E-state index contributed by atoms with van der Waals surface area (Å²) in [6.07, 6.45) is -1.90. The summed E-state index contributed by atoms with van der Waals surface area (Å²) in [5.74, 6) is 0.633. The Labute approximate surface area is 111 Å². The maximum atomic E-state index is 12.6. The molecule has 1 N–H and O–H groups in total. The van der Waals surface area contributed by atoms with Gasteiger partial charge < -0.3 is 10.2 Å². The van der Waals surface area contributed by atoms with E-state index in [9.17, 15) is 13.2 Å². The van der Waals surface area contributed by atoms with Gasteiger partial charge in [-0.2, -0.15) is 18.2 Å². The van der Waals surface area contributed by atoms with E-state index in [2.05, 4.69) is 15.3 Å². The Morgan fingerprint density at radius 3 is 2.58 bits per heavy atom. The van der Waals surface area contributed by atoms with Crippen LogP contribution < -0.4 is 10.2 Å². The molecule has 0 aliphatic heterocycles. The molecule has 1 heterocycles. The Bertz CT molecular complexity index is 393. The first-order valence-electron chi connectivity index (χ1n) is 6.23. The fourth-order valence-electron chi connectivity index (χ4n) is 1.55. The summed E-state index contributed by atoms with van der Waals surface area (Å²) in [5.41, 5.74) is 0. The second kappa shape index (κ2) is 6.58. The Kier molecular flexibility index (Phi) is 5.38. The summed E-state index contributed by atoms with van der Waals surface area (Å²) in [5, 5.41) is 2.96. The standard InChI is InChI=1S/C12H19F3N4/c1-4-6-16-11-17-7-5-10(18-11)19(9(2)3)8-12(13,14)15/h5,7,9H,4,6,8H2,1-3H3,(H,16,17,18). The van der Waals surface area contributed by atoms with Crippen LogP contribution in [0.25, 0.3) is 0 Å². The van der Waals surface area contributed by atoms with Crippen LogP contribution >= 0.6 is 0 Å². The minimum Gasteiger partial charge on any atom is -0.354 e. The van der Waals surface area contributed by atoms with Gasteiger partial charge in [-0.15, -0.1) is 0 Å². The van der Waals surface area contributed by atoms with Crippen LogP contribution in [0.4, 0.5) is 24.9 Å². The molecule has 0 unspecified atom stereocenters. The minimum absolute atomic E-state index is 0.279.